The number of aromatic nitrogens is 2. The molecule has 3 rings (SSSR count). The van der Waals surface area contributed by atoms with Crippen molar-refractivity contribution >= 4 is 17.6 Å². The van der Waals surface area contributed by atoms with E-state index in [2.05, 4.69) is 15.3 Å². The predicted molar refractivity (Wildman–Crippen MR) is 95.7 cm³/mol. The van der Waals surface area contributed by atoms with Gasteiger partial charge in [0.15, 0.2) is 0 Å². The smallest absolute Gasteiger partial charge is 0.255 e. The van der Waals surface area contributed by atoms with Gasteiger partial charge in [-0.2, -0.15) is 0 Å². The van der Waals surface area contributed by atoms with E-state index in [1.54, 1.807) is 29.4 Å². The van der Waals surface area contributed by atoms with Gasteiger partial charge < -0.3 is 20.7 Å². The maximum absolute atomic E-state index is 12.6. The molecule has 2 aromatic heterocycles. The van der Waals surface area contributed by atoms with Gasteiger partial charge in [0.05, 0.1) is 18.3 Å². The Morgan fingerprint density at radius 3 is 2.65 bits per heavy atom. The highest BCUT2D eigenvalue weighted by Gasteiger charge is 2.25. The zero-order chi connectivity index (χ0) is 18.4. The molecule has 0 aliphatic carbocycles. The number of nitrogens with zero attached hydrogens (tertiary/aromatic N) is 3. The second-order valence-electron chi connectivity index (χ2n) is 6.05. The molecule has 0 spiro atoms. The number of nitrogens with two attached hydrogens (primary N) is 1. The van der Waals surface area contributed by atoms with Gasteiger partial charge in [0.25, 0.3) is 5.91 Å². The van der Waals surface area contributed by atoms with Crippen LogP contribution in [0.15, 0.2) is 42.9 Å². The molecule has 0 radical (unpaired) electrons. The van der Waals surface area contributed by atoms with Crippen molar-refractivity contribution in [2.75, 3.05) is 25.0 Å². The summed E-state index contributed by atoms with van der Waals surface area (Å²) in [5.74, 6) is 0.728. The van der Waals surface area contributed by atoms with E-state index >= 15 is 0 Å². The van der Waals surface area contributed by atoms with E-state index in [1.807, 2.05) is 12.1 Å². The Labute approximate surface area is 151 Å². The van der Waals surface area contributed by atoms with Crippen LogP contribution in [-0.4, -0.2) is 52.4 Å². The van der Waals surface area contributed by atoms with Crippen LogP contribution in [0.4, 0.5) is 5.82 Å². The molecule has 136 valence electrons. The van der Waals surface area contributed by atoms with Crippen molar-refractivity contribution in [1.82, 2.24) is 14.9 Å². The van der Waals surface area contributed by atoms with Crippen LogP contribution in [0, 0.1) is 0 Å². The highest BCUT2D eigenvalue weighted by Crippen LogP contribution is 2.19. The van der Waals surface area contributed by atoms with Crippen molar-refractivity contribution in [2.45, 2.75) is 18.9 Å². The van der Waals surface area contributed by atoms with Crippen molar-refractivity contribution in [3.8, 4) is 5.75 Å². The van der Waals surface area contributed by atoms with Crippen LogP contribution in [0.2, 0.25) is 0 Å². The molecule has 0 saturated carbocycles. The minimum Gasteiger partial charge on any atom is -0.489 e. The van der Waals surface area contributed by atoms with Crippen LogP contribution in [0.25, 0.3) is 0 Å². The minimum absolute atomic E-state index is 0.00470. The normalized spacial score (nSPS) is 14.7. The first-order valence-electron chi connectivity index (χ1n) is 8.46. The molecule has 1 aliphatic rings. The van der Waals surface area contributed by atoms with Gasteiger partial charge in [0.2, 0.25) is 5.91 Å². The van der Waals surface area contributed by atoms with Gasteiger partial charge in [-0.15, -0.1) is 0 Å². The Hall–Kier alpha value is -3.16. The van der Waals surface area contributed by atoms with Crippen molar-refractivity contribution in [1.29, 1.82) is 0 Å². The summed E-state index contributed by atoms with van der Waals surface area (Å²) in [6.07, 6.45) is 6.53. The Morgan fingerprint density at radius 2 is 2.04 bits per heavy atom. The van der Waals surface area contributed by atoms with E-state index in [1.165, 1.54) is 6.20 Å². The van der Waals surface area contributed by atoms with Crippen LogP contribution in [0.1, 0.15) is 23.2 Å². The van der Waals surface area contributed by atoms with Crippen molar-refractivity contribution in [3.05, 3.63) is 48.4 Å². The van der Waals surface area contributed by atoms with Gasteiger partial charge >= 0.3 is 0 Å². The molecule has 8 heteroatoms. The number of likely N-dealkylation sites (tertiary alicyclic amines) is 1. The summed E-state index contributed by atoms with van der Waals surface area (Å²) < 4.78 is 5.89. The number of amides is 2. The molecule has 3 heterocycles. The minimum atomic E-state index is -0.469. The maximum atomic E-state index is 12.6. The first-order valence-corrected chi connectivity index (χ1v) is 8.46. The van der Waals surface area contributed by atoms with E-state index in [0.29, 0.717) is 24.5 Å². The number of pyridine rings is 2. The number of carbonyl (C=O) groups is 2. The average molecular weight is 355 g/mol. The molecule has 1 saturated heterocycles. The number of rotatable bonds is 6. The van der Waals surface area contributed by atoms with Crippen LogP contribution in [0.3, 0.4) is 0 Å². The quantitative estimate of drug-likeness (QED) is 0.801. The third kappa shape index (κ3) is 4.69. The van der Waals surface area contributed by atoms with Gasteiger partial charge in [0.1, 0.15) is 17.7 Å². The van der Waals surface area contributed by atoms with E-state index in [-0.39, 0.29) is 18.6 Å². The molecule has 1 fully saturated rings. The lowest BCUT2D eigenvalue weighted by Crippen LogP contribution is -2.41. The average Bonchev–Trinajstić information content (AvgIpc) is 2.68. The standard InChI is InChI=1S/C18H21N5O3/c19-16(24)12-22-17-4-3-13(10-21-17)18(25)23-8-5-14(6-9-23)26-15-2-1-7-20-11-15/h1-4,7,10-11,14H,5-6,8-9,12H2,(H2,19,24)(H,21,22). The van der Waals surface area contributed by atoms with Gasteiger partial charge in [-0.3, -0.25) is 14.6 Å². The first-order chi connectivity index (χ1) is 12.6. The van der Waals surface area contributed by atoms with E-state index in [4.69, 9.17) is 10.5 Å². The summed E-state index contributed by atoms with van der Waals surface area (Å²) in [7, 11) is 0. The molecular weight excluding hydrogens is 334 g/mol. The second-order valence-corrected chi connectivity index (χ2v) is 6.05. The fourth-order valence-electron chi connectivity index (χ4n) is 2.77. The highest BCUT2D eigenvalue weighted by molar-refractivity contribution is 5.94. The molecule has 0 aromatic carbocycles. The molecule has 2 aromatic rings. The van der Waals surface area contributed by atoms with Gasteiger partial charge in [0, 0.05) is 38.3 Å². The van der Waals surface area contributed by atoms with Crippen LogP contribution < -0.4 is 15.8 Å². The summed E-state index contributed by atoms with van der Waals surface area (Å²) >= 11 is 0. The summed E-state index contributed by atoms with van der Waals surface area (Å²) in [6.45, 7) is 1.27. The summed E-state index contributed by atoms with van der Waals surface area (Å²) in [5, 5.41) is 2.79. The van der Waals surface area contributed by atoms with E-state index in [9.17, 15) is 9.59 Å². The van der Waals surface area contributed by atoms with Crippen molar-refractivity contribution in [3.63, 3.8) is 0 Å². The predicted octanol–water partition coefficient (Wildman–Crippen LogP) is 1.06. The lowest BCUT2D eigenvalue weighted by atomic mass is 10.1. The Balaban J connectivity index is 1.51. The third-order valence-corrected chi connectivity index (χ3v) is 4.12. The summed E-state index contributed by atoms with van der Waals surface area (Å²) in [6, 6.07) is 7.07. The molecule has 3 N–H and O–H groups in total. The number of carbonyl (C=O) groups excluding carboxylic acids is 2. The summed E-state index contributed by atoms with van der Waals surface area (Å²) in [4.78, 5) is 33.3. The first kappa shape index (κ1) is 17.7. The molecule has 2 amide bonds. The number of hydrogen-bond donors (Lipinski definition) is 2. The number of ether oxygens (including phenoxy) is 1. The van der Waals surface area contributed by atoms with Gasteiger partial charge in [-0.1, -0.05) is 0 Å². The molecule has 0 atom stereocenters. The summed E-state index contributed by atoms with van der Waals surface area (Å²) in [5.41, 5.74) is 5.59. The fraction of sp³-hybridized carbons (Fsp3) is 0.333. The Bertz CT molecular complexity index is 743. The molecule has 1 aliphatic heterocycles. The van der Waals surface area contributed by atoms with Crippen molar-refractivity contribution < 1.29 is 14.3 Å². The number of piperidine rings is 1. The number of anilines is 1. The molecule has 26 heavy (non-hydrogen) atoms. The maximum Gasteiger partial charge on any atom is 0.255 e. The lowest BCUT2D eigenvalue weighted by molar-refractivity contribution is -0.116. The molecular formula is C18H21N5O3. The second kappa shape index (κ2) is 8.28. The molecule has 8 nitrogen and oxygen atoms in total. The number of nitrogens with one attached hydrogen (secondary N) is 1. The van der Waals surface area contributed by atoms with Crippen LogP contribution in [-0.2, 0) is 4.79 Å². The number of primary amides is 1. The van der Waals surface area contributed by atoms with E-state index in [0.717, 1.165) is 18.6 Å². The van der Waals surface area contributed by atoms with E-state index < -0.39 is 5.91 Å². The number of hydrogen-bond acceptors (Lipinski definition) is 6. The van der Waals surface area contributed by atoms with Gasteiger partial charge in [-0.25, -0.2) is 4.98 Å². The zero-order valence-corrected chi connectivity index (χ0v) is 14.3. The molecule has 0 bridgehead atoms. The Kier molecular flexibility index (Phi) is 5.62. The largest absolute Gasteiger partial charge is 0.489 e. The van der Waals surface area contributed by atoms with Crippen molar-refractivity contribution in [2.24, 2.45) is 5.73 Å². The zero-order valence-electron chi connectivity index (χ0n) is 14.3. The van der Waals surface area contributed by atoms with Gasteiger partial charge in [-0.05, 0) is 24.3 Å². The SMILES string of the molecule is NC(=O)CNc1ccc(C(=O)N2CCC(Oc3cccnc3)CC2)cn1. The highest BCUT2D eigenvalue weighted by atomic mass is 16.5. The topological polar surface area (TPSA) is 110 Å². The fourth-order valence-corrected chi connectivity index (χ4v) is 2.77. The van der Waals surface area contributed by atoms with Crippen LogP contribution >= 0.6 is 0 Å². The molecule has 0 unspecified atom stereocenters. The monoisotopic (exact) mass is 355 g/mol. The third-order valence-electron chi connectivity index (χ3n) is 4.12. The Morgan fingerprint density at radius 1 is 1.23 bits per heavy atom. The van der Waals surface area contributed by atoms with Crippen LogP contribution in [0.5, 0.6) is 5.75 Å². The lowest BCUT2D eigenvalue weighted by Gasteiger charge is -2.32.